The van der Waals surface area contributed by atoms with Crippen LogP contribution in [0, 0.1) is 0 Å². The van der Waals surface area contributed by atoms with Crippen molar-refractivity contribution >= 4 is 61.1 Å². The Bertz CT molecular complexity index is 2980. The van der Waals surface area contributed by atoms with Crippen LogP contribution in [0.3, 0.4) is 0 Å². The van der Waals surface area contributed by atoms with Crippen molar-refractivity contribution in [3.63, 3.8) is 0 Å². The lowest BCUT2D eigenvalue weighted by Crippen LogP contribution is -2.49. The number of hydrogen-bond acceptors (Lipinski definition) is 4. The molecule has 7 aromatic carbocycles. The quantitative estimate of drug-likeness (QED) is 0.186. The Labute approximate surface area is 306 Å². The van der Waals surface area contributed by atoms with E-state index in [9.17, 15) is 0 Å². The SMILES string of the molecule is CC12Cc3c(ccc4cc5c(cc34)c3ccccc3n5-c3nc(-c4ccccc4)c4ccccc4n3)C=C1N=C(c1ccccc1)N2c1ccccc1. The van der Waals surface area contributed by atoms with Gasteiger partial charge in [0.05, 0.1) is 33.5 Å². The van der Waals surface area contributed by atoms with Crippen LogP contribution in [0.4, 0.5) is 5.69 Å². The van der Waals surface area contributed by atoms with Crippen LogP contribution in [0.25, 0.3) is 66.8 Å². The summed E-state index contributed by atoms with van der Waals surface area (Å²) in [5, 5.41) is 5.86. The van der Waals surface area contributed by atoms with Crippen LogP contribution in [-0.2, 0) is 6.42 Å². The molecule has 250 valence electrons. The van der Waals surface area contributed by atoms with E-state index in [1.54, 1.807) is 0 Å². The van der Waals surface area contributed by atoms with Gasteiger partial charge in [0.25, 0.3) is 0 Å². The molecule has 1 unspecified atom stereocenters. The second kappa shape index (κ2) is 11.3. The number of amidine groups is 1. The maximum atomic E-state index is 5.35. The van der Waals surface area contributed by atoms with Gasteiger partial charge in [0.15, 0.2) is 0 Å². The zero-order valence-corrected chi connectivity index (χ0v) is 29.1. The maximum absolute atomic E-state index is 5.35. The molecule has 1 aliphatic heterocycles. The molecule has 0 bridgehead atoms. The molecule has 0 fully saturated rings. The van der Waals surface area contributed by atoms with Gasteiger partial charge < -0.3 is 4.90 Å². The van der Waals surface area contributed by atoms with Crippen LogP contribution in [0.5, 0.6) is 0 Å². The zero-order chi connectivity index (χ0) is 35.1. The summed E-state index contributed by atoms with van der Waals surface area (Å²) >= 11 is 0. The Hall–Kier alpha value is -6.85. The molecule has 0 N–H and O–H groups in total. The molecule has 2 aliphatic rings. The lowest BCUT2D eigenvalue weighted by molar-refractivity contribution is 0.555. The second-order valence-corrected chi connectivity index (χ2v) is 14.3. The number of nitrogens with zero attached hydrogens (tertiary/aromatic N) is 5. The highest BCUT2D eigenvalue weighted by molar-refractivity contribution is 6.16. The largest absolute Gasteiger partial charge is 0.314 e. The summed E-state index contributed by atoms with van der Waals surface area (Å²) in [7, 11) is 0. The summed E-state index contributed by atoms with van der Waals surface area (Å²) in [6.07, 6.45) is 3.13. The first kappa shape index (κ1) is 29.8. The van der Waals surface area contributed by atoms with Crippen LogP contribution in [-0.4, -0.2) is 25.9 Å². The minimum absolute atomic E-state index is 0.371. The number of hydrogen-bond donors (Lipinski definition) is 0. The van der Waals surface area contributed by atoms with Gasteiger partial charge in [-0.1, -0.05) is 127 Å². The number of rotatable bonds is 4. The van der Waals surface area contributed by atoms with Gasteiger partial charge in [-0.15, -0.1) is 0 Å². The Morgan fingerprint density at radius 1 is 0.566 bits per heavy atom. The molecule has 9 aromatic rings. The molecule has 5 nitrogen and oxygen atoms in total. The Morgan fingerprint density at radius 3 is 2.04 bits per heavy atom. The van der Waals surface area contributed by atoms with E-state index in [0.717, 1.165) is 62.4 Å². The van der Waals surface area contributed by atoms with Gasteiger partial charge in [-0.25, -0.2) is 15.0 Å². The van der Waals surface area contributed by atoms with Crippen molar-refractivity contribution < 1.29 is 0 Å². The molecule has 0 saturated carbocycles. The van der Waals surface area contributed by atoms with E-state index in [0.29, 0.717) is 5.95 Å². The third-order valence-electron chi connectivity index (χ3n) is 11.1. The molecule has 53 heavy (non-hydrogen) atoms. The molecule has 0 radical (unpaired) electrons. The number of aromatic nitrogens is 3. The molecule has 2 aromatic heterocycles. The van der Waals surface area contributed by atoms with E-state index in [-0.39, 0.29) is 5.54 Å². The summed E-state index contributed by atoms with van der Waals surface area (Å²) in [6.45, 7) is 2.35. The third kappa shape index (κ3) is 4.47. The van der Waals surface area contributed by atoms with Crippen LogP contribution >= 0.6 is 0 Å². The fourth-order valence-corrected chi connectivity index (χ4v) is 8.64. The van der Waals surface area contributed by atoms with Gasteiger partial charge >= 0.3 is 0 Å². The van der Waals surface area contributed by atoms with Crippen molar-refractivity contribution in [2.75, 3.05) is 4.90 Å². The fraction of sp³-hybridized carbons (Fsp3) is 0.0625. The molecule has 5 heteroatoms. The van der Waals surface area contributed by atoms with Crippen molar-refractivity contribution in [2.24, 2.45) is 4.99 Å². The standard InChI is InChI=1S/C48H33N5/c1-48-30-40-34(28-44(48)50-46(32-17-7-3-8-18-32)53(48)35-19-9-4-10-20-35)26-25-33-27-43-39(29-38(33)40)36-21-12-14-24-42(36)52(43)47-49-41-23-13-11-22-37(41)45(51-47)31-15-5-2-6-16-31/h2-29H,30H2,1H3. The molecule has 1 aliphatic carbocycles. The van der Waals surface area contributed by atoms with Crippen LogP contribution in [0.1, 0.15) is 23.6 Å². The average molecular weight is 680 g/mol. The van der Waals surface area contributed by atoms with E-state index >= 15 is 0 Å². The van der Waals surface area contributed by atoms with E-state index in [2.05, 4.69) is 174 Å². The van der Waals surface area contributed by atoms with Gasteiger partial charge in [-0.2, -0.15) is 0 Å². The summed E-state index contributed by atoms with van der Waals surface area (Å²) in [4.78, 5) is 18.3. The van der Waals surface area contributed by atoms with Crippen molar-refractivity contribution in [3.8, 4) is 17.2 Å². The van der Waals surface area contributed by atoms with Crippen molar-refractivity contribution in [3.05, 3.63) is 186 Å². The van der Waals surface area contributed by atoms with Gasteiger partial charge in [0.2, 0.25) is 5.95 Å². The lowest BCUT2D eigenvalue weighted by Gasteiger charge is -2.40. The number of benzene rings is 7. The summed E-state index contributed by atoms with van der Waals surface area (Å²) < 4.78 is 2.25. The number of fused-ring (bicyclic) bond motifs is 8. The predicted octanol–water partition coefficient (Wildman–Crippen LogP) is 11.2. The van der Waals surface area contributed by atoms with Crippen LogP contribution in [0.15, 0.2) is 174 Å². The molecule has 0 saturated heterocycles. The summed E-state index contributed by atoms with van der Waals surface area (Å²) in [6, 6.07) is 57.9. The molecule has 3 heterocycles. The highest BCUT2D eigenvalue weighted by Crippen LogP contribution is 2.47. The Kier molecular flexibility index (Phi) is 6.38. The van der Waals surface area contributed by atoms with Crippen molar-refractivity contribution in [1.29, 1.82) is 0 Å². The van der Waals surface area contributed by atoms with Crippen molar-refractivity contribution in [1.82, 2.24) is 14.5 Å². The summed E-state index contributed by atoms with van der Waals surface area (Å²) in [5.41, 5.74) is 10.6. The normalized spacial score (nSPS) is 16.6. The molecule has 0 amide bonds. The summed E-state index contributed by atoms with van der Waals surface area (Å²) in [5.74, 6) is 1.65. The zero-order valence-electron chi connectivity index (χ0n) is 29.1. The maximum Gasteiger partial charge on any atom is 0.235 e. The fourth-order valence-electron chi connectivity index (χ4n) is 8.64. The first-order valence-electron chi connectivity index (χ1n) is 18.2. The van der Waals surface area contributed by atoms with Crippen LogP contribution < -0.4 is 4.90 Å². The highest BCUT2D eigenvalue weighted by Gasteiger charge is 2.46. The third-order valence-corrected chi connectivity index (χ3v) is 11.1. The monoisotopic (exact) mass is 679 g/mol. The second-order valence-electron chi connectivity index (χ2n) is 14.3. The van der Waals surface area contributed by atoms with E-state index in [1.807, 2.05) is 12.1 Å². The van der Waals surface area contributed by atoms with Gasteiger partial charge in [0.1, 0.15) is 5.84 Å². The Morgan fingerprint density at radius 2 is 1.25 bits per heavy atom. The highest BCUT2D eigenvalue weighted by atomic mass is 15.3. The molecular weight excluding hydrogens is 647 g/mol. The van der Waals surface area contributed by atoms with Crippen LogP contribution in [0.2, 0.25) is 0 Å². The topological polar surface area (TPSA) is 46.3 Å². The van der Waals surface area contributed by atoms with E-state index < -0.39 is 0 Å². The van der Waals surface area contributed by atoms with Gasteiger partial charge in [-0.3, -0.25) is 4.57 Å². The average Bonchev–Trinajstić information content (AvgIpc) is 3.70. The number of para-hydroxylation sites is 3. The number of aliphatic imine (C=N–C) groups is 1. The predicted molar refractivity (Wildman–Crippen MR) is 219 cm³/mol. The van der Waals surface area contributed by atoms with Gasteiger partial charge in [0, 0.05) is 39.4 Å². The first-order chi connectivity index (χ1) is 26.1. The van der Waals surface area contributed by atoms with E-state index in [4.69, 9.17) is 15.0 Å². The molecular formula is C48H33N5. The molecule has 1 atom stereocenters. The van der Waals surface area contributed by atoms with Gasteiger partial charge in [-0.05, 0) is 71.3 Å². The molecule has 11 rings (SSSR count). The minimum Gasteiger partial charge on any atom is -0.314 e. The Balaban J connectivity index is 1.13. The first-order valence-corrected chi connectivity index (χ1v) is 18.2. The number of anilines is 1. The molecule has 0 spiro atoms. The van der Waals surface area contributed by atoms with Crippen molar-refractivity contribution in [2.45, 2.75) is 18.9 Å². The lowest BCUT2D eigenvalue weighted by atomic mass is 9.79. The smallest absolute Gasteiger partial charge is 0.235 e. The minimum atomic E-state index is -0.371. The van der Waals surface area contributed by atoms with E-state index in [1.165, 1.54) is 32.7 Å².